The van der Waals surface area contributed by atoms with Gasteiger partial charge < -0.3 is 5.73 Å². The van der Waals surface area contributed by atoms with Crippen LogP contribution in [0.5, 0.6) is 0 Å². The first-order chi connectivity index (χ1) is 9.40. The van der Waals surface area contributed by atoms with Crippen LogP contribution in [0.3, 0.4) is 0 Å². The van der Waals surface area contributed by atoms with Crippen molar-refractivity contribution in [3.63, 3.8) is 0 Å². The van der Waals surface area contributed by atoms with E-state index in [1.54, 1.807) is 0 Å². The highest BCUT2D eigenvalue weighted by Crippen LogP contribution is 2.29. The van der Waals surface area contributed by atoms with Gasteiger partial charge in [0.25, 0.3) is 5.91 Å². The van der Waals surface area contributed by atoms with Crippen molar-refractivity contribution >= 4 is 34.8 Å². The molecular weight excluding hydrogens is 297 g/mol. The summed E-state index contributed by atoms with van der Waals surface area (Å²) in [5.41, 5.74) is 9.33. The minimum absolute atomic E-state index is 0.214. The molecule has 1 fully saturated rings. The van der Waals surface area contributed by atoms with Crippen LogP contribution < -0.4 is 11.2 Å². The van der Waals surface area contributed by atoms with Crippen molar-refractivity contribution in [1.29, 1.82) is 0 Å². The molecule has 1 aromatic rings. The first-order valence-corrected chi connectivity index (χ1v) is 7.49. The van der Waals surface area contributed by atoms with Gasteiger partial charge in [0.1, 0.15) is 0 Å². The van der Waals surface area contributed by atoms with Gasteiger partial charge >= 0.3 is 0 Å². The number of halogens is 2. The first kappa shape index (κ1) is 15.4. The number of piperidine rings is 1. The van der Waals surface area contributed by atoms with Gasteiger partial charge in [-0.15, -0.1) is 0 Å². The predicted molar refractivity (Wildman–Crippen MR) is 83.0 cm³/mol. The van der Waals surface area contributed by atoms with Crippen LogP contribution in [0.1, 0.15) is 43.5 Å². The summed E-state index contributed by atoms with van der Waals surface area (Å²) in [6, 6.07) is 3.72. The van der Waals surface area contributed by atoms with Crippen LogP contribution in [0.25, 0.3) is 0 Å². The van der Waals surface area contributed by atoms with Gasteiger partial charge in [-0.2, -0.15) is 0 Å². The lowest BCUT2D eigenvalue weighted by atomic mass is 10.00. The van der Waals surface area contributed by atoms with Gasteiger partial charge in [0.15, 0.2) is 0 Å². The molecule has 0 aromatic heterocycles. The molecule has 1 aliphatic rings. The van der Waals surface area contributed by atoms with Crippen molar-refractivity contribution in [3.8, 4) is 0 Å². The van der Waals surface area contributed by atoms with Gasteiger partial charge in [-0.3, -0.25) is 10.2 Å². The molecular formula is C14H19Cl2N3O. The first-order valence-electron chi connectivity index (χ1n) is 6.74. The quantitative estimate of drug-likeness (QED) is 0.821. The Hall–Kier alpha value is -0.970. The second kappa shape index (κ2) is 6.20. The molecule has 1 amide bonds. The average Bonchev–Trinajstić information content (AvgIpc) is 2.39. The Morgan fingerprint density at radius 3 is 2.25 bits per heavy atom. The normalized spacial score (nSPS) is 23.6. The van der Waals surface area contributed by atoms with Crippen LogP contribution in [-0.4, -0.2) is 23.0 Å². The molecule has 1 heterocycles. The molecule has 2 atom stereocenters. The smallest absolute Gasteiger partial charge is 0.265 e. The van der Waals surface area contributed by atoms with Crippen molar-refractivity contribution in [2.45, 2.75) is 45.2 Å². The third-order valence-electron chi connectivity index (χ3n) is 3.77. The Balaban J connectivity index is 2.15. The number of nitrogen functional groups attached to an aromatic ring is 1. The highest BCUT2D eigenvalue weighted by molar-refractivity contribution is 6.39. The molecule has 3 N–H and O–H groups in total. The second-order valence-corrected chi connectivity index (χ2v) is 6.15. The average molecular weight is 316 g/mol. The summed E-state index contributed by atoms with van der Waals surface area (Å²) < 4.78 is 0. The third kappa shape index (κ3) is 3.19. The van der Waals surface area contributed by atoms with Crippen LogP contribution >= 0.6 is 23.2 Å². The van der Waals surface area contributed by atoms with Gasteiger partial charge in [-0.25, -0.2) is 5.01 Å². The van der Waals surface area contributed by atoms with Crippen LogP contribution in [-0.2, 0) is 0 Å². The Bertz CT molecular complexity index is 488. The molecule has 2 unspecified atom stereocenters. The fourth-order valence-corrected chi connectivity index (χ4v) is 3.03. The number of anilines is 1. The van der Waals surface area contributed by atoms with E-state index in [1.165, 1.54) is 18.6 Å². The number of carbonyl (C=O) groups is 1. The molecule has 0 bridgehead atoms. The summed E-state index contributed by atoms with van der Waals surface area (Å²) in [5.74, 6) is -0.214. The maximum atomic E-state index is 12.3. The zero-order valence-electron chi connectivity index (χ0n) is 11.6. The minimum atomic E-state index is -0.214. The number of nitrogens with zero attached hydrogens (tertiary/aromatic N) is 1. The fraction of sp³-hybridized carbons (Fsp3) is 0.500. The van der Waals surface area contributed by atoms with E-state index in [2.05, 4.69) is 19.3 Å². The van der Waals surface area contributed by atoms with E-state index in [0.717, 1.165) is 12.8 Å². The number of hydrazine groups is 1. The summed E-state index contributed by atoms with van der Waals surface area (Å²) in [6.07, 6.45) is 3.34. The summed E-state index contributed by atoms with van der Waals surface area (Å²) in [7, 11) is 0. The number of carbonyl (C=O) groups excluding carboxylic acids is 1. The summed E-state index contributed by atoms with van der Waals surface area (Å²) in [4.78, 5) is 12.3. The zero-order valence-corrected chi connectivity index (χ0v) is 13.1. The molecule has 1 aromatic carbocycles. The van der Waals surface area contributed by atoms with Crippen molar-refractivity contribution in [2.24, 2.45) is 0 Å². The summed E-state index contributed by atoms with van der Waals surface area (Å²) in [6.45, 7) is 4.22. The zero-order chi connectivity index (χ0) is 14.9. The highest BCUT2D eigenvalue weighted by Gasteiger charge is 2.26. The van der Waals surface area contributed by atoms with E-state index in [1.807, 2.05) is 5.01 Å². The predicted octanol–water partition coefficient (Wildman–Crippen LogP) is 3.48. The highest BCUT2D eigenvalue weighted by atomic mass is 35.5. The van der Waals surface area contributed by atoms with Crippen LogP contribution in [0.2, 0.25) is 10.0 Å². The number of amides is 1. The standard InChI is InChI=1S/C14H19Cl2N3O/c1-8-4-3-5-9(2)19(8)18-14(20)10-6-11(15)13(17)12(16)7-10/h6-9H,3-5,17H2,1-2H3,(H,18,20). The molecule has 6 heteroatoms. The molecule has 0 aliphatic carbocycles. The van der Waals surface area contributed by atoms with Crippen LogP contribution in [0.4, 0.5) is 5.69 Å². The molecule has 0 spiro atoms. The van der Waals surface area contributed by atoms with Crippen molar-refractivity contribution in [2.75, 3.05) is 5.73 Å². The van der Waals surface area contributed by atoms with Gasteiger partial charge in [0.2, 0.25) is 0 Å². The topological polar surface area (TPSA) is 58.4 Å². The van der Waals surface area contributed by atoms with Gasteiger partial charge in [-0.1, -0.05) is 29.6 Å². The summed E-state index contributed by atoms with van der Waals surface area (Å²) in [5, 5.41) is 2.59. The second-order valence-electron chi connectivity index (χ2n) is 5.33. The number of hydrogen-bond donors (Lipinski definition) is 2. The molecule has 110 valence electrons. The van der Waals surface area contributed by atoms with Crippen LogP contribution in [0, 0.1) is 0 Å². The SMILES string of the molecule is CC1CCCC(C)N1NC(=O)c1cc(Cl)c(N)c(Cl)c1. The van der Waals surface area contributed by atoms with Crippen molar-refractivity contribution < 1.29 is 4.79 Å². The van der Waals surface area contributed by atoms with E-state index >= 15 is 0 Å². The number of rotatable bonds is 2. The number of benzene rings is 1. The Morgan fingerprint density at radius 2 is 1.75 bits per heavy atom. The summed E-state index contributed by atoms with van der Waals surface area (Å²) >= 11 is 11.9. The Labute approximate surface area is 129 Å². The lowest BCUT2D eigenvalue weighted by Gasteiger charge is -2.38. The number of hydrogen-bond acceptors (Lipinski definition) is 3. The lowest BCUT2D eigenvalue weighted by molar-refractivity contribution is 0.0370. The molecule has 2 rings (SSSR count). The maximum absolute atomic E-state index is 12.3. The van der Waals surface area contributed by atoms with Gasteiger partial charge in [-0.05, 0) is 38.8 Å². The van der Waals surface area contributed by atoms with Crippen molar-refractivity contribution in [3.05, 3.63) is 27.7 Å². The number of nitrogens with one attached hydrogen (secondary N) is 1. The molecule has 0 radical (unpaired) electrons. The van der Waals surface area contributed by atoms with E-state index in [-0.39, 0.29) is 5.91 Å². The lowest BCUT2D eigenvalue weighted by Crippen LogP contribution is -2.54. The van der Waals surface area contributed by atoms with Crippen LogP contribution in [0.15, 0.2) is 12.1 Å². The number of nitrogens with two attached hydrogens (primary N) is 1. The molecule has 20 heavy (non-hydrogen) atoms. The van der Waals surface area contributed by atoms with E-state index < -0.39 is 0 Å². The van der Waals surface area contributed by atoms with Crippen molar-refractivity contribution in [1.82, 2.24) is 10.4 Å². The molecule has 1 aliphatic heterocycles. The minimum Gasteiger partial charge on any atom is -0.396 e. The third-order valence-corrected chi connectivity index (χ3v) is 4.39. The fourth-order valence-electron chi connectivity index (χ4n) is 2.54. The Kier molecular flexibility index (Phi) is 4.78. The Morgan fingerprint density at radius 1 is 1.25 bits per heavy atom. The largest absolute Gasteiger partial charge is 0.396 e. The molecule has 1 saturated heterocycles. The van der Waals surface area contributed by atoms with Gasteiger partial charge in [0, 0.05) is 17.6 Å². The molecule has 0 saturated carbocycles. The maximum Gasteiger partial charge on any atom is 0.265 e. The van der Waals surface area contributed by atoms with E-state index in [0.29, 0.717) is 33.4 Å². The molecule has 4 nitrogen and oxygen atoms in total. The monoisotopic (exact) mass is 315 g/mol. The van der Waals surface area contributed by atoms with E-state index in [9.17, 15) is 4.79 Å². The van der Waals surface area contributed by atoms with E-state index in [4.69, 9.17) is 28.9 Å². The van der Waals surface area contributed by atoms with Gasteiger partial charge in [0.05, 0.1) is 15.7 Å².